The lowest BCUT2D eigenvalue weighted by atomic mass is 10.1. The average Bonchev–Trinajstić information content (AvgIpc) is 2.19. The molecule has 0 radical (unpaired) electrons. The molecule has 4 heteroatoms. The third kappa shape index (κ3) is 3.38. The zero-order valence-electron chi connectivity index (χ0n) is 9.38. The maximum atomic E-state index is 13.4. The van der Waals surface area contributed by atoms with E-state index in [0.29, 0.717) is 17.8 Å². The van der Waals surface area contributed by atoms with Crippen LogP contribution in [0.25, 0.3) is 6.08 Å². The molecule has 0 heterocycles. The lowest BCUT2D eigenvalue weighted by molar-refractivity contribution is -0.118. The van der Waals surface area contributed by atoms with E-state index in [1.54, 1.807) is 25.1 Å². The third-order valence-electron chi connectivity index (χ3n) is 2.15. The van der Waals surface area contributed by atoms with Crippen LogP contribution in [-0.4, -0.2) is 12.5 Å². The van der Waals surface area contributed by atoms with Crippen LogP contribution in [0.5, 0.6) is 0 Å². The topological polar surface area (TPSA) is 55.1 Å². The molecule has 0 saturated heterocycles. The van der Waals surface area contributed by atoms with Crippen LogP contribution in [0, 0.1) is 12.7 Å². The standard InChI is InChI=1S/C12H15FN2O/c1-8-6-11(13)10(7-12(8)14)4-3-5-15-9(2)16/h3-4,6-7H,5,14H2,1-2H3,(H,15,16). The molecule has 0 aliphatic heterocycles. The van der Waals surface area contributed by atoms with Gasteiger partial charge in [0.25, 0.3) is 0 Å². The number of aryl methyl sites for hydroxylation is 1. The molecule has 86 valence electrons. The van der Waals surface area contributed by atoms with Crippen LogP contribution in [0.1, 0.15) is 18.1 Å². The van der Waals surface area contributed by atoms with E-state index in [0.717, 1.165) is 5.56 Å². The first-order valence-electron chi connectivity index (χ1n) is 4.97. The van der Waals surface area contributed by atoms with E-state index >= 15 is 0 Å². The molecule has 0 saturated carbocycles. The summed E-state index contributed by atoms with van der Waals surface area (Å²) in [5.41, 5.74) is 7.37. The minimum atomic E-state index is -0.314. The van der Waals surface area contributed by atoms with Crippen molar-refractivity contribution in [3.05, 3.63) is 35.2 Å². The minimum absolute atomic E-state index is 0.117. The second kappa shape index (κ2) is 5.30. The van der Waals surface area contributed by atoms with Crippen molar-refractivity contribution < 1.29 is 9.18 Å². The lowest BCUT2D eigenvalue weighted by Crippen LogP contribution is -2.19. The summed E-state index contributed by atoms with van der Waals surface area (Å²) in [4.78, 5) is 10.6. The van der Waals surface area contributed by atoms with Crippen LogP contribution in [-0.2, 0) is 4.79 Å². The van der Waals surface area contributed by atoms with Crippen LogP contribution in [0.4, 0.5) is 10.1 Å². The summed E-state index contributed by atoms with van der Waals surface area (Å²) >= 11 is 0. The molecule has 1 amide bonds. The fraction of sp³-hybridized carbons (Fsp3) is 0.250. The van der Waals surface area contributed by atoms with Crippen molar-refractivity contribution in [3.63, 3.8) is 0 Å². The maximum Gasteiger partial charge on any atom is 0.217 e. The Morgan fingerprint density at radius 2 is 2.25 bits per heavy atom. The highest BCUT2D eigenvalue weighted by atomic mass is 19.1. The Morgan fingerprint density at radius 3 is 2.88 bits per heavy atom. The van der Waals surface area contributed by atoms with Gasteiger partial charge in [-0.1, -0.05) is 12.2 Å². The summed E-state index contributed by atoms with van der Waals surface area (Å²) in [6.45, 7) is 3.56. The fourth-order valence-corrected chi connectivity index (χ4v) is 1.22. The smallest absolute Gasteiger partial charge is 0.217 e. The number of nitrogens with one attached hydrogen (secondary N) is 1. The van der Waals surface area contributed by atoms with Gasteiger partial charge < -0.3 is 11.1 Å². The van der Waals surface area contributed by atoms with Gasteiger partial charge in [0.05, 0.1) is 0 Å². The van der Waals surface area contributed by atoms with Crippen LogP contribution >= 0.6 is 0 Å². The normalized spacial score (nSPS) is 10.7. The van der Waals surface area contributed by atoms with Gasteiger partial charge in [0.1, 0.15) is 5.82 Å². The summed E-state index contributed by atoms with van der Waals surface area (Å²) in [5, 5.41) is 2.58. The van der Waals surface area contributed by atoms with E-state index < -0.39 is 0 Å². The molecule has 0 aliphatic carbocycles. The van der Waals surface area contributed by atoms with Crippen LogP contribution < -0.4 is 11.1 Å². The number of halogens is 1. The first kappa shape index (κ1) is 12.2. The van der Waals surface area contributed by atoms with E-state index in [1.165, 1.54) is 13.0 Å². The Balaban J connectivity index is 2.73. The number of carbonyl (C=O) groups is 1. The highest BCUT2D eigenvalue weighted by Gasteiger charge is 2.02. The van der Waals surface area contributed by atoms with Gasteiger partial charge in [0, 0.05) is 24.7 Å². The zero-order valence-corrected chi connectivity index (χ0v) is 9.38. The summed E-state index contributed by atoms with van der Waals surface area (Å²) in [5.74, 6) is -0.431. The number of nitrogens with two attached hydrogens (primary N) is 1. The largest absolute Gasteiger partial charge is 0.398 e. The van der Waals surface area contributed by atoms with Gasteiger partial charge in [-0.3, -0.25) is 4.79 Å². The third-order valence-corrected chi connectivity index (χ3v) is 2.15. The van der Waals surface area contributed by atoms with Gasteiger partial charge in [-0.2, -0.15) is 0 Å². The predicted molar refractivity (Wildman–Crippen MR) is 63.3 cm³/mol. The zero-order chi connectivity index (χ0) is 12.1. The molecule has 0 fully saturated rings. The number of rotatable bonds is 3. The predicted octanol–water partition coefficient (Wildman–Crippen LogP) is 1.87. The fourth-order valence-electron chi connectivity index (χ4n) is 1.22. The number of hydrogen-bond acceptors (Lipinski definition) is 2. The number of anilines is 1. The number of hydrogen-bond donors (Lipinski definition) is 2. The van der Waals surface area contributed by atoms with Gasteiger partial charge in [0.15, 0.2) is 0 Å². The summed E-state index contributed by atoms with van der Waals surface area (Å²) < 4.78 is 13.4. The number of amides is 1. The SMILES string of the molecule is CC(=O)NCC=Cc1cc(N)c(C)cc1F. The van der Waals surface area contributed by atoms with Crippen LogP contribution in [0.3, 0.4) is 0 Å². The molecular formula is C12H15FN2O. The molecule has 0 aromatic heterocycles. The van der Waals surface area contributed by atoms with E-state index in [9.17, 15) is 9.18 Å². The van der Waals surface area contributed by atoms with Crippen molar-refractivity contribution in [1.29, 1.82) is 0 Å². The summed E-state index contributed by atoms with van der Waals surface area (Å²) in [6.07, 6.45) is 3.27. The lowest BCUT2D eigenvalue weighted by Gasteiger charge is -2.03. The van der Waals surface area contributed by atoms with Crippen molar-refractivity contribution in [2.75, 3.05) is 12.3 Å². The molecule has 1 aromatic rings. The van der Waals surface area contributed by atoms with Crippen molar-refractivity contribution in [2.45, 2.75) is 13.8 Å². The van der Waals surface area contributed by atoms with Crippen LogP contribution in [0.15, 0.2) is 18.2 Å². The molecule has 0 spiro atoms. The molecule has 0 aliphatic rings. The van der Waals surface area contributed by atoms with E-state index in [4.69, 9.17) is 5.73 Å². The van der Waals surface area contributed by atoms with Crippen LogP contribution in [0.2, 0.25) is 0 Å². The second-order valence-electron chi connectivity index (χ2n) is 3.57. The Morgan fingerprint density at radius 1 is 1.56 bits per heavy atom. The Kier molecular flexibility index (Phi) is 4.05. The Hall–Kier alpha value is -1.84. The van der Waals surface area contributed by atoms with Crippen molar-refractivity contribution >= 4 is 17.7 Å². The van der Waals surface area contributed by atoms with Gasteiger partial charge in [-0.15, -0.1) is 0 Å². The number of nitrogen functional groups attached to an aromatic ring is 1. The number of carbonyl (C=O) groups excluding carboxylic acids is 1. The highest BCUT2D eigenvalue weighted by molar-refractivity contribution is 5.73. The Bertz CT molecular complexity index is 427. The molecule has 1 rings (SSSR count). The van der Waals surface area contributed by atoms with Crippen molar-refractivity contribution in [2.24, 2.45) is 0 Å². The van der Waals surface area contributed by atoms with E-state index in [1.807, 2.05) is 0 Å². The van der Waals surface area contributed by atoms with Crippen molar-refractivity contribution in [1.82, 2.24) is 5.32 Å². The monoisotopic (exact) mass is 222 g/mol. The van der Waals surface area contributed by atoms with Gasteiger partial charge >= 0.3 is 0 Å². The molecule has 0 bridgehead atoms. The second-order valence-corrected chi connectivity index (χ2v) is 3.57. The highest BCUT2D eigenvalue weighted by Crippen LogP contribution is 2.18. The van der Waals surface area contributed by atoms with Gasteiger partial charge in [-0.05, 0) is 24.6 Å². The molecule has 3 nitrogen and oxygen atoms in total. The molecule has 0 unspecified atom stereocenters. The summed E-state index contributed by atoms with van der Waals surface area (Å²) in [7, 11) is 0. The van der Waals surface area contributed by atoms with E-state index in [-0.39, 0.29) is 11.7 Å². The first-order valence-corrected chi connectivity index (χ1v) is 4.97. The molecule has 1 aromatic carbocycles. The Labute approximate surface area is 94.1 Å². The molecule has 3 N–H and O–H groups in total. The first-order chi connectivity index (χ1) is 7.50. The minimum Gasteiger partial charge on any atom is -0.398 e. The molecule has 0 atom stereocenters. The average molecular weight is 222 g/mol. The van der Waals surface area contributed by atoms with Crippen molar-refractivity contribution in [3.8, 4) is 0 Å². The quantitative estimate of drug-likeness (QED) is 0.767. The summed E-state index contributed by atoms with van der Waals surface area (Å²) in [6, 6.07) is 2.97. The molecule has 16 heavy (non-hydrogen) atoms. The molecular weight excluding hydrogens is 207 g/mol. The van der Waals surface area contributed by atoms with E-state index in [2.05, 4.69) is 5.32 Å². The maximum absolute atomic E-state index is 13.4. The van der Waals surface area contributed by atoms with Gasteiger partial charge in [0.2, 0.25) is 5.91 Å². The van der Waals surface area contributed by atoms with Gasteiger partial charge in [-0.25, -0.2) is 4.39 Å². The number of benzene rings is 1.